The van der Waals surface area contributed by atoms with Crippen LogP contribution in [-0.2, 0) is 4.74 Å². The van der Waals surface area contributed by atoms with Gasteiger partial charge in [0.2, 0.25) is 0 Å². The van der Waals surface area contributed by atoms with Gasteiger partial charge < -0.3 is 20.1 Å². The fourth-order valence-corrected chi connectivity index (χ4v) is 3.02. The number of ether oxygens (including phenoxy) is 1. The highest BCUT2D eigenvalue weighted by atomic mass is 16.5. The summed E-state index contributed by atoms with van der Waals surface area (Å²) < 4.78 is 5.43. The first-order valence-corrected chi connectivity index (χ1v) is 8.38. The van der Waals surface area contributed by atoms with Crippen molar-refractivity contribution < 1.29 is 14.6 Å². The van der Waals surface area contributed by atoms with Gasteiger partial charge in [-0.15, -0.1) is 0 Å². The van der Waals surface area contributed by atoms with Gasteiger partial charge in [0.05, 0.1) is 12.1 Å². The maximum atomic E-state index is 12.4. The number of carbonyl (C=O) groups is 1. The molecule has 0 aliphatic carbocycles. The Morgan fingerprint density at radius 1 is 1.35 bits per heavy atom. The number of hydrogen-bond acceptors (Lipinski definition) is 3. The summed E-state index contributed by atoms with van der Waals surface area (Å²) in [6.07, 6.45) is 2.48. The Labute approximate surface area is 138 Å². The predicted molar refractivity (Wildman–Crippen MR) is 90.2 cm³/mol. The molecule has 1 heterocycles. The molecule has 1 aromatic carbocycles. The second-order valence-corrected chi connectivity index (χ2v) is 6.43. The monoisotopic (exact) mass is 320 g/mol. The Morgan fingerprint density at radius 3 is 2.61 bits per heavy atom. The number of aliphatic hydroxyl groups excluding tert-OH is 1. The number of likely N-dealkylation sites (N-methyl/N-ethyl adjacent to an activating group) is 1. The summed E-state index contributed by atoms with van der Waals surface area (Å²) in [4.78, 5) is 13.9. The Morgan fingerprint density at radius 2 is 2.00 bits per heavy atom. The SMILES string of the molecule is C[C@H](O)CN(C)C(=O)N[C@@H](CC1CCOCC1)c1ccccc1. The lowest BCUT2D eigenvalue weighted by Gasteiger charge is -2.29. The third-order valence-electron chi connectivity index (χ3n) is 4.29. The average Bonchev–Trinajstić information content (AvgIpc) is 2.55. The zero-order valence-corrected chi connectivity index (χ0v) is 14.1. The molecular formula is C18H28N2O3. The van der Waals surface area contributed by atoms with Crippen LogP contribution in [0.4, 0.5) is 4.79 Å². The van der Waals surface area contributed by atoms with Crippen molar-refractivity contribution in [1.82, 2.24) is 10.2 Å². The van der Waals surface area contributed by atoms with E-state index in [4.69, 9.17) is 4.74 Å². The number of hydrogen-bond donors (Lipinski definition) is 2. The van der Waals surface area contributed by atoms with E-state index in [2.05, 4.69) is 17.4 Å². The molecule has 23 heavy (non-hydrogen) atoms. The Balaban J connectivity index is 2.02. The van der Waals surface area contributed by atoms with Gasteiger partial charge in [-0.3, -0.25) is 0 Å². The predicted octanol–water partition coefficient (Wildman–Crippen LogP) is 2.57. The van der Waals surface area contributed by atoms with E-state index < -0.39 is 6.10 Å². The zero-order valence-electron chi connectivity index (χ0n) is 14.1. The third-order valence-corrected chi connectivity index (χ3v) is 4.29. The molecule has 1 aliphatic heterocycles. The number of nitrogens with zero attached hydrogens (tertiary/aromatic N) is 1. The first kappa shape index (κ1) is 17.8. The van der Waals surface area contributed by atoms with Crippen LogP contribution in [0.1, 0.15) is 37.8 Å². The summed E-state index contributed by atoms with van der Waals surface area (Å²) in [6, 6.07) is 9.93. The number of benzene rings is 1. The van der Waals surface area contributed by atoms with Crippen molar-refractivity contribution in [2.75, 3.05) is 26.8 Å². The molecule has 1 saturated heterocycles. The van der Waals surface area contributed by atoms with E-state index in [-0.39, 0.29) is 12.1 Å². The van der Waals surface area contributed by atoms with E-state index in [0.29, 0.717) is 12.5 Å². The van der Waals surface area contributed by atoms with Crippen LogP contribution < -0.4 is 5.32 Å². The van der Waals surface area contributed by atoms with E-state index in [1.807, 2.05) is 18.2 Å². The number of aliphatic hydroxyl groups is 1. The largest absolute Gasteiger partial charge is 0.392 e. The summed E-state index contributed by atoms with van der Waals surface area (Å²) in [5, 5.41) is 12.6. The lowest BCUT2D eigenvalue weighted by atomic mass is 9.89. The Bertz CT molecular complexity index is 472. The standard InChI is InChI=1S/C18H28N2O3/c1-14(21)13-20(2)18(22)19-17(16-6-4-3-5-7-16)12-15-8-10-23-11-9-15/h3-7,14-15,17,21H,8-13H2,1-2H3,(H,19,22)/t14-,17-/m0/s1. The number of carbonyl (C=O) groups excluding carboxylic acids is 1. The van der Waals surface area contributed by atoms with Gasteiger partial charge in [-0.05, 0) is 37.7 Å². The molecule has 0 radical (unpaired) electrons. The summed E-state index contributed by atoms with van der Waals surface area (Å²) in [5.41, 5.74) is 1.12. The first-order chi connectivity index (χ1) is 11.1. The quantitative estimate of drug-likeness (QED) is 0.847. The maximum Gasteiger partial charge on any atom is 0.317 e. The highest BCUT2D eigenvalue weighted by Gasteiger charge is 2.23. The summed E-state index contributed by atoms with van der Waals surface area (Å²) >= 11 is 0. The molecular weight excluding hydrogens is 292 g/mol. The van der Waals surface area contributed by atoms with Crippen molar-refractivity contribution in [2.45, 2.75) is 38.3 Å². The fourth-order valence-electron chi connectivity index (χ4n) is 3.02. The molecule has 2 amide bonds. The summed E-state index contributed by atoms with van der Waals surface area (Å²) in [7, 11) is 1.71. The van der Waals surface area contributed by atoms with Gasteiger partial charge in [-0.1, -0.05) is 30.3 Å². The fraction of sp³-hybridized carbons (Fsp3) is 0.611. The number of nitrogens with one attached hydrogen (secondary N) is 1. The van der Waals surface area contributed by atoms with E-state index in [1.165, 1.54) is 4.90 Å². The minimum absolute atomic E-state index is 0.0109. The molecule has 0 bridgehead atoms. The molecule has 1 aromatic rings. The molecule has 128 valence electrons. The average molecular weight is 320 g/mol. The van der Waals surface area contributed by atoms with Crippen molar-refractivity contribution >= 4 is 6.03 Å². The van der Waals surface area contributed by atoms with Crippen molar-refractivity contribution in [3.63, 3.8) is 0 Å². The van der Waals surface area contributed by atoms with Gasteiger partial charge in [0, 0.05) is 26.8 Å². The molecule has 2 atom stereocenters. The molecule has 0 saturated carbocycles. The van der Waals surface area contributed by atoms with Gasteiger partial charge in [-0.25, -0.2) is 4.79 Å². The van der Waals surface area contributed by atoms with Gasteiger partial charge in [-0.2, -0.15) is 0 Å². The molecule has 1 fully saturated rings. The second kappa shape index (κ2) is 8.89. The van der Waals surface area contributed by atoms with E-state index in [1.54, 1.807) is 14.0 Å². The van der Waals surface area contributed by atoms with Gasteiger partial charge in [0.1, 0.15) is 0 Å². The molecule has 0 aromatic heterocycles. The molecule has 0 unspecified atom stereocenters. The van der Waals surface area contributed by atoms with E-state index >= 15 is 0 Å². The van der Waals surface area contributed by atoms with Gasteiger partial charge in [0.15, 0.2) is 0 Å². The molecule has 5 nitrogen and oxygen atoms in total. The van der Waals surface area contributed by atoms with Crippen LogP contribution in [0.2, 0.25) is 0 Å². The molecule has 2 rings (SSSR count). The van der Waals surface area contributed by atoms with Crippen molar-refractivity contribution in [3.8, 4) is 0 Å². The van der Waals surface area contributed by atoms with Gasteiger partial charge >= 0.3 is 6.03 Å². The molecule has 1 aliphatic rings. The minimum atomic E-state index is -0.531. The van der Waals surface area contributed by atoms with Crippen molar-refractivity contribution in [2.24, 2.45) is 5.92 Å². The van der Waals surface area contributed by atoms with E-state index in [0.717, 1.165) is 38.0 Å². The number of amides is 2. The lowest BCUT2D eigenvalue weighted by Crippen LogP contribution is -2.42. The van der Waals surface area contributed by atoms with Crippen LogP contribution in [0.3, 0.4) is 0 Å². The third kappa shape index (κ3) is 5.84. The lowest BCUT2D eigenvalue weighted by molar-refractivity contribution is 0.0605. The Kier molecular flexibility index (Phi) is 6.86. The van der Waals surface area contributed by atoms with E-state index in [9.17, 15) is 9.90 Å². The smallest absolute Gasteiger partial charge is 0.317 e. The van der Waals surface area contributed by atoms with Crippen molar-refractivity contribution in [1.29, 1.82) is 0 Å². The van der Waals surface area contributed by atoms with Crippen LogP contribution in [0.5, 0.6) is 0 Å². The topological polar surface area (TPSA) is 61.8 Å². The van der Waals surface area contributed by atoms with Gasteiger partial charge in [0.25, 0.3) is 0 Å². The molecule has 0 spiro atoms. The van der Waals surface area contributed by atoms with Crippen LogP contribution in [0.25, 0.3) is 0 Å². The minimum Gasteiger partial charge on any atom is -0.392 e. The van der Waals surface area contributed by atoms with Crippen molar-refractivity contribution in [3.05, 3.63) is 35.9 Å². The van der Waals surface area contributed by atoms with Crippen LogP contribution >= 0.6 is 0 Å². The van der Waals surface area contributed by atoms with Crippen LogP contribution in [0, 0.1) is 5.92 Å². The summed E-state index contributed by atoms with van der Waals surface area (Å²) in [5.74, 6) is 0.566. The molecule has 5 heteroatoms. The van der Waals surface area contributed by atoms with Crippen LogP contribution in [0.15, 0.2) is 30.3 Å². The Hall–Kier alpha value is -1.59. The summed E-state index contributed by atoms with van der Waals surface area (Å²) in [6.45, 7) is 3.62. The highest BCUT2D eigenvalue weighted by Crippen LogP contribution is 2.27. The zero-order chi connectivity index (χ0) is 16.7. The normalized spacial score (nSPS) is 18.2. The number of rotatable bonds is 6. The highest BCUT2D eigenvalue weighted by molar-refractivity contribution is 5.74. The first-order valence-electron chi connectivity index (χ1n) is 8.38. The number of urea groups is 1. The maximum absolute atomic E-state index is 12.4. The second-order valence-electron chi connectivity index (χ2n) is 6.43. The van der Waals surface area contributed by atoms with Crippen LogP contribution in [-0.4, -0.2) is 48.9 Å². The molecule has 2 N–H and O–H groups in total.